The number of guanidine groups is 1. The molecule has 3 aliphatic rings. The van der Waals surface area contributed by atoms with Crippen LogP contribution in [0.15, 0.2) is 4.99 Å². The van der Waals surface area contributed by atoms with E-state index in [0.717, 1.165) is 39.4 Å². The van der Waals surface area contributed by atoms with Gasteiger partial charge in [-0.2, -0.15) is 0 Å². The third-order valence-corrected chi connectivity index (χ3v) is 6.12. The summed E-state index contributed by atoms with van der Waals surface area (Å²) in [6.07, 6.45) is 13.2. The van der Waals surface area contributed by atoms with Gasteiger partial charge >= 0.3 is 0 Å². The topological polar surface area (TPSA) is 62.9 Å². The van der Waals surface area contributed by atoms with Crippen LogP contribution >= 0.6 is 0 Å². The maximum Gasteiger partial charge on any atom is 0.188 e. The molecule has 0 bridgehead atoms. The summed E-state index contributed by atoms with van der Waals surface area (Å²) >= 11 is 0. The molecule has 3 fully saturated rings. The molecule has 0 radical (unpaired) electrons. The normalized spacial score (nSPS) is 27.1. The fourth-order valence-electron chi connectivity index (χ4n) is 4.66. The maximum atomic E-state index is 6.22. The Kier molecular flexibility index (Phi) is 6.78. The monoisotopic (exact) mass is 336 g/mol. The van der Waals surface area contributed by atoms with E-state index in [-0.39, 0.29) is 0 Å². The van der Waals surface area contributed by atoms with Gasteiger partial charge in [0.05, 0.1) is 13.2 Å². The molecular weight excluding hydrogens is 300 g/mol. The molecule has 24 heavy (non-hydrogen) atoms. The van der Waals surface area contributed by atoms with Gasteiger partial charge in [0.2, 0.25) is 0 Å². The molecule has 0 atom stereocenters. The van der Waals surface area contributed by atoms with Crippen LogP contribution in [0.25, 0.3) is 0 Å². The molecule has 0 spiro atoms. The molecule has 0 amide bonds. The molecule has 0 unspecified atom stereocenters. The highest BCUT2D eigenvalue weighted by atomic mass is 16.5. The number of aliphatic imine (C=N–C) groups is 1. The zero-order chi connectivity index (χ0) is 16.7. The number of ether oxygens (including phenoxy) is 1. The van der Waals surface area contributed by atoms with Crippen molar-refractivity contribution >= 4 is 5.96 Å². The highest BCUT2D eigenvalue weighted by Crippen LogP contribution is 2.37. The zero-order valence-corrected chi connectivity index (χ0v) is 15.3. The van der Waals surface area contributed by atoms with E-state index in [1.54, 1.807) is 0 Å². The molecule has 1 heterocycles. The first-order valence-corrected chi connectivity index (χ1v) is 10.1. The molecule has 0 aromatic carbocycles. The second kappa shape index (κ2) is 9.04. The minimum absolute atomic E-state index is 0.328. The van der Waals surface area contributed by atoms with Crippen LogP contribution < -0.4 is 11.1 Å². The van der Waals surface area contributed by atoms with E-state index >= 15 is 0 Å². The molecule has 5 nitrogen and oxygen atoms in total. The van der Waals surface area contributed by atoms with Crippen LogP contribution in [0.5, 0.6) is 0 Å². The largest absolute Gasteiger partial charge is 0.379 e. The lowest BCUT2D eigenvalue weighted by Crippen LogP contribution is -2.47. The molecule has 5 heteroatoms. The van der Waals surface area contributed by atoms with Gasteiger partial charge in [-0.1, -0.05) is 38.5 Å². The Hall–Kier alpha value is -0.810. The van der Waals surface area contributed by atoms with E-state index in [1.165, 1.54) is 64.2 Å². The van der Waals surface area contributed by atoms with Crippen molar-refractivity contribution in [2.45, 2.75) is 70.3 Å². The summed E-state index contributed by atoms with van der Waals surface area (Å²) in [4.78, 5) is 7.38. The quantitative estimate of drug-likeness (QED) is 0.598. The number of nitrogens with zero attached hydrogens (tertiary/aromatic N) is 2. The van der Waals surface area contributed by atoms with Gasteiger partial charge in [0, 0.05) is 37.6 Å². The molecule has 2 aliphatic carbocycles. The van der Waals surface area contributed by atoms with E-state index in [2.05, 4.69) is 10.2 Å². The molecule has 0 aromatic heterocycles. The van der Waals surface area contributed by atoms with Crippen LogP contribution in [0, 0.1) is 5.41 Å². The van der Waals surface area contributed by atoms with Gasteiger partial charge in [0.1, 0.15) is 0 Å². The number of rotatable bonds is 5. The van der Waals surface area contributed by atoms with Crippen LogP contribution in [0.2, 0.25) is 0 Å². The van der Waals surface area contributed by atoms with Gasteiger partial charge in [-0.15, -0.1) is 0 Å². The Labute approximate surface area is 147 Å². The number of morpholine rings is 1. The summed E-state index contributed by atoms with van der Waals surface area (Å²) in [7, 11) is 0. The second-order valence-electron chi connectivity index (χ2n) is 8.13. The molecule has 1 saturated heterocycles. The van der Waals surface area contributed by atoms with Crippen LogP contribution in [0.3, 0.4) is 0 Å². The highest BCUT2D eigenvalue weighted by Gasteiger charge is 2.34. The molecule has 2 saturated carbocycles. The van der Waals surface area contributed by atoms with Crippen LogP contribution in [0.4, 0.5) is 0 Å². The average molecular weight is 337 g/mol. The third-order valence-electron chi connectivity index (χ3n) is 6.12. The average Bonchev–Trinajstić information content (AvgIpc) is 2.63. The number of hydrogen-bond acceptors (Lipinski definition) is 3. The van der Waals surface area contributed by atoms with Crippen molar-refractivity contribution < 1.29 is 4.74 Å². The first-order chi connectivity index (χ1) is 11.8. The summed E-state index contributed by atoms with van der Waals surface area (Å²) in [5, 5.41) is 3.47. The predicted molar refractivity (Wildman–Crippen MR) is 99.3 cm³/mol. The van der Waals surface area contributed by atoms with Crippen molar-refractivity contribution in [2.75, 3.05) is 39.4 Å². The predicted octanol–water partition coefficient (Wildman–Crippen LogP) is 2.51. The van der Waals surface area contributed by atoms with E-state index in [0.29, 0.717) is 17.4 Å². The Morgan fingerprint density at radius 3 is 2.42 bits per heavy atom. The number of hydrogen-bond donors (Lipinski definition) is 2. The minimum atomic E-state index is 0.328. The number of nitrogens with one attached hydrogen (secondary N) is 1. The van der Waals surface area contributed by atoms with Crippen molar-refractivity contribution in [2.24, 2.45) is 16.1 Å². The van der Waals surface area contributed by atoms with E-state index < -0.39 is 0 Å². The standard InChI is InChI=1S/C19H36N4O/c20-18(22-17-7-3-1-4-8-17)21-15-19(9-5-2-6-10-19)16-23-11-13-24-14-12-23/h17H,1-16H2,(H3,20,21,22). The summed E-state index contributed by atoms with van der Waals surface area (Å²) < 4.78 is 5.51. The van der Waals surface area contributed by atoms with Gasteiger partial charge in [-0.3, -0.25) is 9.89 Å². The molecule has 3 N–H and O–H groups in total. The lowest BCUT2D eigenvalue weighted by molar-refractivity contribution is 0.00938. The van der Waals surface area contributed by atoms with E-state index in [4.69, 9.17) is 15.5 Å². The highest BCUT2D eigenvalue weighted by molar-refractivity contribution is 5.78. The molecule has 1 aliphatic heterocycles. The Morgan fingerprint density at radius 1 is 1.04 bits per heavy atom. The van der Waals surface area contributed by atoms with Gasteiger partial charge < -0.3 is 15.8 Å². The van der Waals surface area contributed by atoms with Crippen LogP contribution in [-0.4, -0.2) is 56.3 Å². The smallest absolute Gasteiger partial charge is 0.188 e. The van der Waals surface area contributed by atoms with E-state index in [9.17, 15) is 0 Å². The fraction of sp³-hybridized carbons (Fsp3) is 0.947. The molecule has 138 valence electrons. The Morgan fingerprint density at radius 2 is 1.71 bits per heavy atom. The zero-order valence-electron chi connectivity index (χ0n) is 15.3. The molecule has 0 aromatic rings. The van der Waals surface area contributed by atoms with Gasteiger partial charge in [0.25, 0.3) is 0 Å². The summed E-state index contributed by atoms with van der Waals surface area (Å²) in [6, 6.07) is 0.545. The number of nitrogens with two attached hydrogens (primary N) is 1. The first-order valence-electron chi connectivity index (χ1n) is 10.1. The first kappa shape index (κ1) is 18.0. The minimum Gasteiger partial charge on any atom is -0.379 e. The Bertz CT molecular complexity index is 394. The molecule has 3 rings (SSSR count). The van der Waals surface area contributed by atoms with Crippen molar-refractivity contribution in [1.29, 1.82) is 0 Å². The third kappa shape index (κ3) is 5.35. The van der Waals surface area contributed by atoms with E-state index in [1.807, 2.05) is 0 Å². The molecular formula is C19H36N4O. The SMILES string of the molecule is NC(=NCC1(CN2CCOCC2)CCCCC1)NC1CCCCC1. The van der Waals surface area contributed by atoms with Crippen molar-refractivity contribution in [1.82, 2.24) is 10.2 Å². The summed E-state index contributed by atoms with van der Waals surface area (Å²) in [6.45, 7) is 5.95. The summed E-state index contributed by atoms with van der Waals surface area (Å²) in [5.41, 5.74) is 6.55. The Balaban J connectivity index is 1.55. The van der Waals surface area contributed by atoms with Crippen molar-refractivity contribution in [3.05, 3.63) is 0 Å². The van der Waals surface area contributed by atoms with Crippen LogP contribution in [0.1, 0.15) is 64.2 Å². The summed E-state index contributed by atoms with van der Waals surface area (Å²) in [5.74, 6) is 0.675. The van der Waals surface area contributed by atoms with Crippen LogP contribution in [-0.2, 0) is 4.74 Å². The van der Waals surface area contributed by atoms with Gasteiger partial charge in [-0.25, -0.2) is 0 Å². The van der Waals surface area contributed by atoms with Crippen molar-refractivity contribution in [3.63, 3.8) is 0 Å². The maximum absolute atomic E-state index is 6.22. The van der Waals surface area contributed by atoms with Crippen molar-refractivity contribution in [3.8, 4) is 0 Å². The van der Waals surface area contributed by atoms with Gasteiger partial charge in [-0.05, 0) is 25.7 Å². The lowest BCUT2D eigenvalue weighted by Gasteiger charge is -2.41. The fourth-order valence-corrected chi connectivity index (χ4v) is 4.66. The lowest BCUT2D eigenvalue weighted by atomic mass is 9.73. The second-order valence-corrected chi connectivity index (χ2v) is 8.13. The van der Waals surface area contributed by atoms with Gasteiger partial charge in [0.15, 0.2) is 5.96 Å².